The minimum absolute atomic E-state index is 0.0267. The highest BCUT2D eigenvalue weighted by Gasteiger charge is 2.35. The Balaban J connectivity index is 2.53. The van der Waals surface area contributed by atoms with Crippen LogP contribution in [0, 0.1) is 0 Å². The van der Waals surface area contributed by atoms with Gasteiger partial charge in [0.15, 0.2) is 5.96 Å². The molecule has 1 heterocycles. The zero-order valence-corrected chi connectivity index (χ0v) is 10.1. The van der Waals surface area contributed by atoms with Crippen molar-refractivity contribution in [2.24, 2.45) is 22.2 Å². The maximum atomic E-state index is 11.6. The molecule has 102 valence electrons. The Kier molecular flexibility index (Phi) is 4.90. The van der Waals surface area contributed by atoms with Crippen LogP contribution in [-0.2, 0) is 9.59 Å². The van der Waals surface area contributed by atoms with E-state index in [1.54, 1.807) is 0 Å². The van der Waals surface area contributed by atoms with E-state index in [0.29, 0.717) is 19.4 Å². The fraction of sp³-hybridized carbons (Fsp3) is 0.700. The van der Waals surface area contributed by atoms with Crippen LogP contribution in [0.4, 0.5) is 0 Å². The zero-order valence-electron chi connectivity index (χ0n) is 10.1. The molecular formula is C10H19N5O3. The first kappa shape index (κ1) is 14.2. The van der Waals surface area contributed by atoms with Crippen LogP contribution in [0.5, 0.6) is 0 Å². The number of nitrogens with zero attached hydrogens (tertiary/aromatic N) is 2. The van der Waals surface area contributed by atoms with E-state index in [1.807, 2.05) is 0 Å². The second-order valence-corrected chi connectivity index (χ2v) is 4.31. The van der Waals surface area contributed by atoms with Gasteiger partial charge in [0.05, 0.1) is 0 Å². The van der Waals surface area contributed by atoms with Crippen molar-refractivity contribution in [3.8, 4) is 0 Å². The molecule has 0 aromatic heterocycles. The van der Waals surface area contributed by atoms with Crippen molar-refractivity contribution in [1.29, 1.82) is 0 Å². The average molecular weight is 257 g/mol. The van der Waals surface area contributed by atoms with Crippen LogP contribution in [0.25, 0.3) is 0 Å². The highest BCUT2D eigenvalue weighted by molar-refractivity contribution is 5.85. The number of aliphatic carboxylic acids is 1. The summed E-state index contributed by atoms with van der Waals surface area (Å²) in [4.78, 5) is 27.8. The lowest BCUT2D eigenvalue weighted by Gasteiger charge is -2.24. The first-order chi connectivity index (χ1) is 8.41. The first-order valence-electron chi connectivity index (χ1n) is 5.75. The van der Waals surface area contributed by atoms with Crippen LogP contribution in [0.15, 0.2) is 4.99 Å². The summed E-state index contributed by atoms with van der Waals surface area (Å²) >= 11 is 0. The fourth-order valence-corrected chi connectivity index (χ4v) is 1.97. The van der Waals surface area contributed by atoms with Crippen LogP contribution in [-0.4, -0.2) is 53.0 Å². The van der Waals surface area contributed by atoms with Gasteiger partial charge in [0.2, 0.25) is 5.91 Å². The lowest BCUT2D eigenvalue weighted by atomic mass is 10.1. The van der Waals surface area contributed by atoms with Crippen molar-refractivity contribution in [2.45, 2.75) is 31.3 Å². The van der Waals surface area contributed by atoms with Crippen molar-refractivity contribution >= 4 is 17.8 Å². The number of carboxylic acid groups (broad SMARTS) is 1. The topological polar surface area (TPSA) is 148 Å². The third kappa shape index (κ3) is 3.88. The molecule has 0 aromatic rings. The van der Waals surface area contributed by atoms with Gasteiger partial charge >= 0.3 is 5.97 Å². The monoisotopic (exact) mass is 257 g/mol. The summed E-state index contributed by atoms with van der Waals surface area (Å²) in [6, 6.07) is -1.13. The quantitative estimate of drug-likeness (QED) is 0.247. The van der Waals surface area contributed by atoms with Crippen LogP contribution in [0.1, 0.15) is 19.3 Å². The number of rotatable bonds is 6. The third-order valence-corrected chi connectivity index (χ3v) is 2.78. The molecular weight excluding hydrogens is 238 g/mol. The van der Waals surface area contributed by atoms with E-state index in [1.165, 1.54) is 4.90 Å². The zero-order chi connectivity index (χ0) is 13.7. The van der Waals surface area contributed by atoms with E-state index in [9.17, 15) is 9.59 Å². The number of nitrogens with two attached hydrogens (primary N) is 3. The second-order valence-electron chi connectivity index (χ2n) is 4.31. The number of amides is 1. The molecule has 0 saturated carbocycles. The van der Waals surface area contributed by atoms with Gasteiger partial charge in [0, 0.05) is 25.6 Å². The van der Waals surface area contributed by atoms with Gasteiger partial charge in [0.25, 0.3) is 0 Å². The molecule has 1 fully saturated rings. The molecule has 1 saturated heterocycles. The highest BCUT2D eigenvalue weighted by Crippen LogP contribution is 2.16. The molecule has 8 heteroatoms. The Morgan fingerprint density at radius 1 is 1.56 bits per heavy atom. The molecule has 18 heavy (non-hydrogen) atoms. The lowest BCUT2D eigenvalue weighted by molar-refractivity contribution is -0.148. The predicted molar refractivity (Wildman–Crippen MR) is 65.6 cm³/mol. The largest absolute Gasteiger partial charge is 0.480 e. The van der Waals surface area contributed by atoms with Crippen molar-refractivity contribution < 1.29 is 14.7 Å². The number of aliphatic imine (C=N–C) groups is 1. The molecule has 0 radical (unpaired) electrons. The number of likely N-dealkylation sites (tertiary alicyclic amines) is 1. The SMILES string of the molecule is NC(N)=NCCCC(C(=O)O)N1CC(N)CC1=O. The molecule has 0 bridgehead atoms. The van der Waals surface area contributed by atoms with Crippen LogP contribution in [0.3, 0.4) is 0 Å². The second kappa shape index (κ2) is 6.20. The Labute approximate surface area is 105 Å². The minimum atomic E-state index is -1.03. The summed E-state index contributed by atoms with van der Waals surface area (Å²) in [5.74, 6) is -1.26. The minimum Gasteiger partial charge on any atom is -0.480 e. The number of guanidine groups is 1. The Bertz CT molecular complexity index is 353. The normalized spacial score (nSPS) is 20.8. The van der Waals surface area contributed by atoms with E-state index in [-0.39, 0.29) is 30.9 Å². The fourth-order valence-electron chi connectivity index (χ4n) is 1.97. The van der Waals surface area contributed by atoms with Gasteiger partial charge in [-0.1, -0.05) is 0 Å². The molecule has 7 N–H and O–H groups in total. The molecule has 0 spiro atoms. The van der Waals surface area contributed by atoms with E-state index < -0.39 is 12.0 Å². The van der Waals surface area contributed by atoms with Gasteiger partial charge in [-0.25, -0.2) is 4.79 Å². The number of carbonyl (C=O) groups is 2. The van der Waals surface area contributed by atoms with Gasteiger partial charge in [-0.05, 0) is 12.8 Å². The molecule has 2 unspecified atom stereocenters. The number of carboxylic acids is 1. The van der Waals surface area contributed by atoms with Gasteiger partial charge in [-0.15, -0.1) is 0 Å². The Morgan fingerprint density at radius 3 is 2.67 bits per heavy atom. The summed E-state index contributed by atoms with van der Waals surface area (Å²) in [7, 11) is 0. The first-order valence-corrected chi connectivity index (χ1v) is 5.75. The standard InChI is InChI=1S/C10H19N5O3/c11-6-4-8(16)15(5-6)7(9(17)18)2-1-3-14-10(12)13/h6-7H,1-5,11H2,(H,17,18)(H4,12,13,14). The molecule has 1 rings (SSSR count). The van der Waals surface area contributed by atoms with Crippen molar-refractivity contribution in [3.05, 3.63) is 0 Å². The third-order valence-electron chi connectivity index (χ3n) is 2.78. The predicted octanol–water partition coefficient (Wildman–Crippen LogP) is -1.95. The maximum absolute atomic E-state index is 11.6. The molecule has 8 nitrogen and oxygen atoms in total. The molecule has 0 aromatic carbocycles. The smallest absolute Gasteiger partial charge is 0.326 e. The van der Waals surface area contributed by atoms with Gasteiger partial charge in [-0.3, -0.25) is 9.79 Å². The van der Waals surface area contributed by atoms with E-state index in [4.69, 9.17) is 22.3 Å². The number of hydrogen-bond donors (Lipinski definition) is 4. The summed E-state index contributed by atoms with van der Waals surface area (Å²) in [5, 5.41) is 9.13. The van der Waals surface area contributed by atoms with E-state index in [2.05, 4.69) is 4.99 Å². The summed E-state index contributed by atoms with van der Waals surface area (Å²) in [6.45, 7) is 0.637. The van der Waals surface area contributed by atoms with Crippen molar-refractivity contribution in [2.75, 3.05) is 13.1 Å². The van der Waals surface area contributed by atoms with Gasteiger partial charge < -0.3 is 27.2 Å². The number of hydrogen-bond acceptors (Lipinski definition) is 4. The number of carbonyl (C=O) groups excluding carboxylic acids is 1. The van der Waals surface area contributed by atoms with Crippen LogP contribution >= 0.6 is 0 Å². The van der Waals surface area contributed by atoms with Crippen molar-refractivity contribution in [1.82, 2.24) is 4.90 Å². The van der Waals surface area contributed by atoms with Gasteiger partial charge in [-0.2, -0.15) is 0 Å². The molecule has 0 aliphatic carbocycles. The van der Waals surface area contributed by atoms with E-state index in [0.717, 1.165) is 0 Å². The Morgan fingerprint density at radius 2 is 2.22 bits per heavy atom. The Hall–Kier alpha value is -1.83. The van der Waals surface area contributed by atoms with Crippen LogP contribution in [0.2, 0.25) is 0 Å². The van der Waals surface area contributed by atoms with Gasteiger partial charge in [0.1, 0.15) is 6.04 Å². The molecule has 2 atom stereocenters. The molecule has 1 aliphatic heterocycles. The summed E-state index contributed by atoms with van der Waals surface area (Å²) in [5.41, 5.74) is 16.0. The van der Waals surface area contributed by atoms with Crippen LogP contribution < -0.4 is 17.2 Å². The summed E-state index contributed by atoms with van der Waals surface area (Å²) in [6.07, 6.45) is 1.01. The average Bonchev–Trinajstić information content (AvgIpc) is 2.56. The molecule has 1 amide bonds. The molecule has 1 aliphatic rings. The summed E-state index contributed by atoms with van der Waals surface area (Å²) < 4.78 is 0. The maximum Gasteiger partial charge on any atom is 0.326 e. The highest BCUT2D eigenvalue weighted by atomic mass is 16.4. The lowest BCUT2D eigenvalue weighted by Crippen LogP contribution is -2.43. The van der Waals surface area contributed by atoms with E-state index >= 15 is 0 Å². The van der Waals surface area contributed by atoms with Crippen molar-refractivity contribution in [3.63, 3.8) is 0 Å².